The summed E-state index contributed by atoms with van der Waals surface area (Å²) in [6.45, 7) is 1.08. The zero-order chi connectivity index (χ0) is 22.8. The van der Waals surface area contributed by atoms with Gasteiger partial charge in [-0.2, -0.15) is 0 Å². The van der Waals surface area contributed by atoms with E-state index >= 15 is 0 Å². The number of methoxy groups -OCH3 is 1. The zero-order valence-corrected chi connectivity index (χ0v) is 18.3. The highest BCUT2D eigenvalue weighted by Gasteiger charge is 2.42. The molecule has 0 radical (unpaired) electrons. The summed E-state index contributed by atoms with van der Waals surface area (Å²) in [5, 5.41) is 7.15. The van der Waals surface area contributed by atoms with E-state index in [1.54, 1.807) is 18.2 Å². The SMILES string of the molecule is COc1cc(OCN=[N+]=[N-])cc(C(=O)N2CCC3(CC2)Nc2ccccc2-n2cccc23)c1. The van der Waals surface area contributed by atoms with Crippen molar-refractivity contribution >= 4 is 11.6 Å². The third kappa shape index (κ3) is 3.72. The number of likely N-dealkylation sites (tertiary alicyclic amines) is 1. The lowest BCUT2D eigenvalue weighted by Gasteiger charge is -2.46. The molecule has 0 unspecified atom stereocenters. The first kappa shape index (κ1) is 20.8. The van der Waals surface area contributed by atoms with Gasteiger partial charge in [0.2, 0.25) is 0 Å². The predicted molar refractivity (Wildman–Crippen MR) is 124 cm³/mol. The fourth-order valence-corrected chi connectivity index (χ4v) is 4.77. The van der Waals surface area contributed by atoms with Gasteiger partial charge in [0.25, 0.3) is 5.91 Å². The molecule has 2 aromatic carbocycles. The number of azide groups is 1. The molecule has 0 atom stereocenters. The molecule has 9 heteroatoms. The highest BCUT2D eigenvalue weighted by Crippen LogP contribution is 2.43. The first-order valence-electron chi connectivity index (χ1n) is 10.8. The summed E-state index contributed by atoms with van der Waals surface area (Å²) < 4.78 is 13.0. The van der Waals surface area contributed by atoms with Crippen molar-refractivity contribution in [3.8, 4) is 17.2 Å². The number of fused-ring (bicyclic) bond motifs is 4. The summed E-state index contributed by atoms with van der Waals surface area (Å²) in [5.41, 5.74) is 12.2. The molecule has 168 valence electrons. The van der Waals surface area contributed by atoms with E-state index in [0.29, 0.717) is 30.2 Å². The lowest BCUT2D eigenvalue weighted by atomic mass is 9.82. The Morgan fingerprint density at radius 2 is 1.94 bits per heavy atom. The number of anilines is 1. The molecular formula is C24H24N6O3. The van der Waals surface area contributed by atoms with Gasteiger partial charge in [-0.3, -0.25) is 4.79 Å². The lowest BCUT2D eigenvalue weighted by molar-refractivity contribution is 0.0675. The highest BCUT2D eigenvalue weighted by atomic mass is 16.5. The second kappa shape index (κ2) is 8.44. The minimum absolute atomic E-state index is 0.0797. The number of nitrogens with one attached hydrogen (secondary N) is 1. The molecule has 0 aliphatic carbocycles. The van der Waals surface area contributed by atoms with Crippen LogP contribution in [0.5, 0.6) is 11.5 Å². The van der Waals surface area contributed by atoms with E-state index in [0.717, 1.165) is 24.2 Å². The molecule has 1 fully saturated rings. The first-order chi connectivity index (χ1) is 16.1. The van der Waals surface area contributed by atoms with E-state index in [1.807, 2.05) is 17.0 Å². The molecule has 9 nitrogen and oxygen atoms in total. The molecule has 1 saturated heterocycles. The summed E-state index contributed by atoms with van der Waals surface area (Å²) in [7, 11) is 1.53. The minimum Gasteiger partial charge on any atom is -0.497 e. The fraction of sp³-hybridized carbons (Fsp3) is 0.292. The predicted octanol–water partition coefficient (Wildman–Crippen LogP) is 4.69. The second-order valence-corrected chi connectivity index (χ2v) is 8.18. The third-order valence-electron chi connectivity index (χ3n) is 6.40. The van der Waals surface area contributed by atoms with Crippen LogP contribution in [-0.4, -0.2) is 42.3 Å². The van der Waals surface area contributed by atoms with Crippen LogP contribution < -0.4 is 14.8 Å². The average Bonchev–Trinajstić information content (AvgIpc) is 3.36. The quantitative estimate of drug-likeness (QED) is 0.350. The third-order valence-corrected chi connectivity index (χ3v) is 6.40. The molecule has 2 aliphatic rings. The Morgan fingerprint density at radius 3 is 2.73 bits per heavy atom. The summed E-state index contributed by atoms with van der Waals surface area (Å²) in [4.78, 5) is 17.9. The Hall–Kier alpha value is -4.10. The zero-order valence-electron chi connectivity index (χ0n) is 18.3. The normalized spacial score (nSPS) is 15.6. The van der Waals surface area contributed by atoms with Crippen LogP contribution in [0.25, 0.3) is 16.1 Å². The molecule has 0 bridgehead atoms. The van der Waals surface area contributed by atoms with E-state index < -0.39 is 0 Å². The van der Waals surface area contributed by atoms with Gasteiger partial charge in [0.05, 0.1) is 24.0 Å². The van der Waals surface area contributed by atoms with Gasteiger partial charge in [-0.05, 0) is 54.8 Å². The van der Waals surface area contributed by atoms with Crippen LogP contribution in [0.4, 0.5) is 5.69 Å². The number of hydrogen-bond donors (Lipinski definition) is 1. The van der Waals surface area contributed by atoms with Crippen molar-refractivity contribution in [1.82, 2.24) is 9.47 Å². The van der Waals surface area contributed by atoms with Crippen molar-refractivity contribution in [3.05, 3.63) is 82.5 Å². The standard InChI is InChI=1S/C24H24N6O3/c1-32-18-13-17(14-19(15-18)33-16-26-28-25)23(31)29-11-8-24(9-12-29)22-7-4-10-30(22)21-6-3-2-5-20(21)27-24/h2-7,10,13-15,27H,8-9,11-12,16H2,1H3. The van der Waals surface area contributed by atoms with Crippen molar-refractivity contribution in [3.63, 3.8) is 0 Å². The molecule has 2 aliphatic heterocycles. The number of aromatic nitrogens is 1. The summed E-state index contributed by atoms with van der Waals surface area (Å²) in [6.07, 6.45) is 3.69. The molecule has 1 spiro atoms. The largest absolute Gasteiger partial charge is 0.497 e. The van der Waals surface area contributed by atoms with Crippen LogP contribution in [0.2, 0.25) is 0 Å². The van der Waals surface area contributed by atoms with Crippen LogP contribution in [0, 0.1) is 0 Å². The molecule has 33 heavy (non-hydrogen) atoms. The summed E-state index contributed by atoms with van der Waals surface area (Å²) in [6, 6.07) is 17.6. The molecule has 1 aromatic heterocycles. The van der Waals surface area contributed by atoms with Gasteiger partial charge in [0.15, 0.2) is 6.73 Å². The number of para-hydroxylation sites is 2. The molecule has 5 rings (SSSR count). The highest BCUT2D eigenvalue weighted by molar-refractivity contribution is 5.95. The molecule has 3 aromatic rings. The smallest absolute Gasteiger partial charge is 0.254 e. The Morgan fingerprint density at radius 1 is 1.15 bits per heavy atom. The van der Waals surface area contributed by atoms with E-state index in [1.165, 1.54) is 12.8 Å². The van der Waals surface area contributed by atoms with Gasteiger partial charge in [0, 0.05) is 41.5 Å². The molecule has 1 N–H and O–H groups in total. The number of nitrogens with zero attached hydrogens (tertiary/aromatic N) is 5. The van der Waals surface area contributed by atoms with Crippen LogP contribution in [0.1, 0.15) is 28.9 Å². The van der Waals surface area contributed by atoms with E-state index in [4.69, 9.17) is 15.0 Å². The molecular weight excluding hydrogens is 420 g/mol. The van der Waals surface area contributed by atoms with Crippen molar-refractivity contribution in [2.45, 2.75) is 18.4 Å². The van der Waals surface area contributed by atoms with Gasteiger partial charge >= 0.3 is 0 Å². The van der Waals surface area contributed by atoms with Gasteiger partial charge in [-0.1, -0.05) is 17.2 Å². The summed E-state index contributed by atoms with van der Waals surface area (Å²) in [5.74, 6) is 0.847. The fourth-order valence-electron chi connectivity index (χ4n) is 4.77. The van der Waals surface area contributed by atoms with Crippen molar-refractivity contribution in [1.29, 1.82) is 0 Å². The number of ether oxygens (including phenoxy) is 2. The van der Waals surface area contributed by atoms with Gasteiger partial charge in [0.1, 0.15) is 11.5 Å². The number of rotatable bonds is 5. The second-order valence-electron chi connectivity index (χ2n) is 8.18. The Kier molecular flexibility index (Phi) is 5.32. The Bertz CT molecular complexity index is 1240. The lowest BCUT2D eigenvalue weighted by Crippen LogP contribution is -2.51. The van der Waals surface area contributed by atoms with Gasteiger partial charge in [-0.25, -0.2) is 0 Å². The van der Waals surface area contributed by atoms with Gasteiger partial charge < -0.3 is 24.3 Å². The number of piperidine rings is 1. The maximum absolute atomic E-state index is 13.3. The van der Waals surface area contributed by atoms with E-state index in [9.17, 15) is 4.79 Å². The average molecular weight is 444 g/mol. The van der Waals surface area contributed by atoms with E-state index in [2.05, 4.69) is 50.4 Å². The number of amides is 1. The number of benzene rings is 2. The van der Waals surface area contributed by atoms with Crippen LogP contribution >= 0.6 is 0 Å². The monoisotopic (exact) mass is 444 g/mol. The molecule has 3 heterocycles. The Labute approximate surface area is 191 Å². The van der Waals surface area contributed by atoms with Crippen LogP contribution in [-0.2, 0) is 5.54 Å². The number of carbonyl (C=O) groups excluding carboxylic acids is 1. The van der Waals surface area contributed by atoms with Crippen LogP contribution in [0.3, 0.4) is 0 Å². The molecule has 1 amide bonds. The Balaban J connectivity index is 1.35. The van der Waals surface area contributed by atoms with Crippen LogP contribution in [0.15, 0.2) is 65.9 Å². The van der Waals surface area contributed by atoms with Crippen molar-refractivity contribution in [2.24, 2.45) is 5.11 Å². The maximum atomic E-state index is 13.3. The van der Waals surface area contributed by atoms with Crippen molar-refractivity contribution < 1.29 is 14.3 Å². The van der Waals surface area contributed by atoms with Crippen molar-refractivity contribution in [2.75, 3.05) is 32.2 Å². The van der Waals surface area contributed by atoms with E-state index in [-0.39, 0.29) is 18.2 Å². The minimum atomic E-state index is -0.216. The number of hydrogen-bond acceptors (Lipinski definition) is 5. The summed E-state index contributed by atoms with van der Waals surface area (Å²) >= 11 is 0. The van der Waals surface area contributed by atoms with Gasteiger partial charge in [-0.15, -0.1) is 0 Å². The topological polar surface area (TPSA) is 104 Å². The molecule has 0 saturated carbocycles. The number of carbonyl (C=O) groups is 1. The maximum Gasteiger partial charge on any atom is 0.254 e. The first-order valence-corrected chi connectivity index (χ1v) is 10.8.